The number of carbonyl (C=O) groups is 2. The summed E-state index contributed by atoms with van der Waals surface area (Å²) in [7, 11) is 0. The Morgan fingerprint density at radius 3 is 2.52 bits per heavy atom. The maximum atomic E-state index is 12.4. The smallest absolute Gasteiger partial charge is 0.273 e. The molecule has 0 spiro atoms. The van der Waals surface area contributed by atoms with Crippen LogP contribution in [0.5, 0.6) is 0 Å². The Kier molecular flexibility index (Phi) is 6.84. The molecule has 2 amide bonds. The molecular weight excluding hydrogens is 346 g/mol. The Morgan fingerprint density at radius 1 is 1.15 bits per heavy atom. The minimum Gasteiger partial charge on any atom is -0.360 e. The topological polar surface area (TPSA) is 127 Å². The molecule has 2 aliphatic carbocycles. The third-order valence-corrected chi connectivity index (χ3v) is 5.50. The highest BCUT2D eigenvalue weighted by molar-refractivity contribution is 5.92. The lowest BCUT2D eigenvalue weighted by Gasteiger charge is -2.37. The molecule has 27 heavy (non-hydrogen) atoms. The van der Waals surface area contributed by atoms with Gasteiger partial charge in [-0.3, -0.25) is 9.59 Å². The van der Waals surface area contributed by atoms with Crippen LogP contribution in [0.2, 0.25) is 0 Å². The molecule has 1 aromatic rings. The fourth-order valence-electron chi connectivity index (χ4n) is 3.79. The number of nitrogens with two attached hydrogens (primary N) is 2. The van der Waals surface area contributed by atoms with E-state index in [1.54, 1.807) is 6.07 Å². The quantitative estimate of drug-likeness (QED) is 0.592. The standard InChI is InChI=1S/C19H31N5O3/c20-9-1-11-24(18(25)8-10-21)15-6-4-14(5-7-15)22-19(26)16-12-17(27-23-16)13-2-3-13/h12-15H,1-11,20-21H2,(H,22,26). The summed E-state index contributed by atoms with van der Waals surface area (Å²) in [5.41, 5.74) is 11.5. The molecule has 8 heteroatoms. The summed E-state index contributed by atoms with van der Waals surface area (Å²) < 4.78 is 5.26. The predicted molar refractivity (Wildman–Crippen MR) is 101 cm³/mol. The van der Waals surface area contributed by atoms with Crippen LogP contribution < -0.4 is 16.8 Å². The van der Waals surface area contributed by atoms with Gasteiger partial charge in [-0.25, -0.2) is 0 Å². The van der Waals surface area contributed by atoms with E-state index < -0.39 is 0 Å². The summed E-state index contributed by atoms with van der Waals surface area (Å²) >= 11 is 0. The van der Waals surface area contributed by atoms with Crippen molar-refractivity contribution in [2.45, 2.75) is 69.4 Å². The van der Waals surface area contributed by atoms with Crippen molar-refractivity contribution >= 4 is 11.8 Å². The van der Waals surface area contributed by atoms with Crippen molar-refractivity contribution in [1.82, 2.24) is 15.4 Å². The first kappa shape index (κ1) is 19.8. The SMILES string of the molecule is NCCCN(C(=O)CCN)C1CCC(NC(=O)c2cc(C3CC3)on2)CC1. The summed E-state index contributed by atoms with van der Waals surface area (Å²) in [6, 6.07) is 2.08. The summed E-state index contributed by atoms with van der Waals surface area (Å²) in [6.45, 7) is 1.61. The molecule has 2 fully saturated rings. The van der Waals surface area contributed by atoms with Crippen LogP contribution in [-0.2, 0) is 4.79 Å². The normalized spacial score (nSPS) is 22.4. The van der Waals surface area contributed by atoms with Crippen molar-refractivity contribution in [3.05, 3.63) is 17.5 Å². The second-order valence-electron chi connectivity index (χ2n) is 7.64. The number of nitrogens with zero attached hydrogens (tertiary/aromatic N) is 2. The lowest BCUT2D eigenvalue weighted by atomic mass is 9.89. The van der Waals surface area contributed by atoms with Crippen molar-refractivity contribution in [3.8, 4) is 0 Å². The van der Waals surface area contributed by atoms with E-state index in [2.05, 4.69) is 10.5 Å². The molecule has 5 N–H and O–H groups in total. The first-order chi connectivity index (χ1) is 13.1. The van der Waals surface area contributed by atoms with Gasteiger partial charge >= 0.3 is 0 Å². The summed E-state index contributed by atoms with van der Waals surface area (Å²) in [5.74, 6) is 1.19. The maximum absolute atomic E-state index is 12.4. The van der Waals surface area contributed by atoms with Gasteiger partial charge in [0.05, 0.1) is 0 Å². The number of hydrogen-bond acceptors (Lipinski definition) is 6. The van der Waals surface area contributed by atoms with Crippen molar-refractivity contribution in [3.63, 3.8) is 0 Å². The molecule has 2 aliphatic rings. The van der Waals surface area contributed by atoms with Gasteiger partial charge in [0.1, 0.15) is 5.76 Å². The first-order valence-electron chi connectivity index (χ1n) is 10.1. The second-order valence-corrected chi connectivity index (χ2v) is 7.64. The fourth-order valence-corrected chi connectivity index (χ4v) is 3.79. The zero-order chi connectivity index (χ0) is 19.2. The van der Waals surface area contributed by atoms with Gasteiger partial charge in [-0.2, -0.15) is 0 Å². The molecule has 0 bridgehead atoms. The molecule has 3 rings (SSSR count). The molecule has 0 saturated heterocycles. The Labute approximate surface area is 160 Å². The molecule has 1 heterocycles. The van der Waals surface area contributed by atoms with Crippen LogP contribution in [0.4, 0.5) is 0 Å². The summed E-state index contributed by atoms with van der Waals surface area (Å²) in [4.78, 5) is 26.7. The Bertz CT molecular complexity index is 635. The van der Waals surface area contributed by atoms with Gasteiger partial charge in [-0.1, -0.05) is 5.16 Å². The van der Waals surface area contributed by atoms with Crippen LogP contribution in [0, 0.1) is 0 Å². The van der Waals surface area contributed by atoms with Crippen LogP contribution >= 0.6 is 0 Å². The van der Waals surface area contributed by atoms with Crippen LogP contribution in [0.3, 0.4) is 0 Å². The van der Waals surface area contributed by atoms with E-state index in [-0.39, 0.29) is 23.9 Å². The van der Waals surface area contributed by atoms with Gasteiger partial charge in [-0.05, 0) is 51.5 Å². The Morgan fingerprint density at radius 2 is 1.89 bits per heavy atom. The van der Waals surface area contributed by atoms with Gasteiger partial charge in [0.25, 0.3) is 5.91 Å². The number of carbonyl (C=O) groups excluding carboxylic acids is 2. The molecule has 2 saturated carbocycles. The highest BCUT2D eigenvalue weighted by atomic mass is 16.5. The van der Waals surface area contributed by atoms with Gasteiger partial charge in [0.2, 0.25) is 5.91 Å². The first-order valence-corrected chi connectivity index (χ1v) is 10.1. The third kappa shape index (κ3) is 5.29. The van der Waals surface area contributed by atoms with Crippen molar-refractivity contribution in [2.75, 3.05) is 19.6 Å². The van der Waals surface area contributed by atoms with Crippen molar-refractivity contribution in [1.29, 1.82) is 0 Å². The molecular formula is C19H31N5O3. The Hall–Kier alpha value is -1.93. The van der Waals surface area contributed by atoms with Gasteiger partial charge in [-0.15, -0.1) is 0 Å². The van der Waals surface area contributed by atoms with Crippen molar-refractivity contribution < 1.29 is 14.1 Å². The number of aromatic nitrogens is 1. The second kappa shape index (κ2) is 9.32. The average Bonchev–Trinajstić information content (AvgIpc) is 3.40. The molecule has 8 nitrogen and oxygen atoms in total. The zero-order valence-corrected chi connectivity index (χ0v) is 15.9. The van der Waals surface area contributed by atoms with Crippen LogP contribution in [0.15, 0.2) is 10.6 Å². The van der Waals surface area contributed by atoms with Crippen molar-refractivity contribution in [2.24, 2.45) is 11.5 Å². The lowest BCUT2D eigenvalue weighted by Crippen LogP contribution is -2.47. The molecule has 0 aliphatic heterocycles. The number of nitrogens with one attached hydrogen (secondary N) is 1. The van der Waals surface area contributed by atoms with E-state index in [1.807, 2.05) is 4.90 Å². The minimum absolute atomic E-state index is 0.105. The van der Waals surface area contributed by atoms with E-state index in [9.17, 15) is 9.59 Å². The summed E-state index contributed by atoms with van der Waals surface area (Å²) in [5, 5.41) is 6.96. The number of rotatable bonds is 9. The van der Waals surface area contributed by atoms with Crippen LogP contribution in [-0.4, -0.2) is 53.6 Å². The molecule has 0 radical (unpaired) electrons. The molecule has 150 valence electrons. The average molecular weight is 377 g/mol. The number of amides is 2. The Balaban J connectivity index is 1.49. The van der Waals surface area contributed by atoms with E-state index >= 15 is 0 Å². The maximum Gasteiger partial charge on any atom is 0.273 e. The highest BCUT2D eigenvalue weighted by Gasteiger charge is 2.31. The highest BCUT2D eigenvalue weighted by Crippen LogP contribution is 2.40. The molecule has 0 unspecified atom stereocenters. The third-order valence-electron chi connectivity index (χ3n) is 5.50. The summed E-state index contributed by atoms with van der Waals surface area (Å²) in [6.07, 6.45) is 6.83. The van der Waals surface area contributed by atoms with Gasteiger partial charge in [0.15, 0.2) is 5.69 Å². The lowest BCUT2D eigenvalue weighted by molar-refractivity contribution is -0.134. The van der Waals surface area contributed by atoms with Crippen LogP contribution in [0.25, 0.3) is 0 Å². The predicted octanol–water partition coefficient (Wildman–Crippen LogP) is 1.12. The van der Waals surface area contributed by atoms with Crippen LogP contribution in [0.1, 0.15) is 73.5 Å². The zero-order valence-electron chi connectivity index (χ0n) is 15.9. The molecule has 1 aromatic heterocycles. The fraction of sp³-hybridized carbons (Fsp3) is 0.737. The monoisotopic (exact) mass is 377 g/mol. The van der Waals surface area contributed by atoms with Gasteiger partial charge in [0, 0.05) is 43.6 Å². The van der Waals surface area contributed by atoms with Gasteiger partial charge < -0.3 is 26.2 Å². The molecule has 0 atom stereocenters. The van der Waals surface area contributed by atoms with E-state index in [0.717, 1.165) is 50.7 Å². The van der Waals surface area contributed by atoms with E-state index in [1.165, 1.54) is 0 Å². The number of hydrogen-bond donors (Lipinski definition) is 3. The molecule has 0 aromatic carbocycles. The minimum atomic E-state index is -0.173. The van der Waals surface area contributed by atoms with E-state index in [0.29, 0.717) is 37.7 Å². The van der Waals surface area contributed by atoms with E-state index in [4.69, 9.17) is 16.0 Å². The largest absolute Gasteiger partial charge is 0.360 e.